The number of hydrogen-bond acceptors (Lipinski definition) is 5. The van der Waals surface area contributed by atoms with Crippen LogP contribution in [0.2, 0.25) is 5.15 Å². The summed E-state index contributed by atoms with van der Waals surface area (Å²) in [5, 5.41) is 0.463. The molecular formula is C17H15ClN4O2. The van der Waals surface area contributed by atoms with Gasteiger partial charge in [-0.25, -0.2) is 9.97 Å². The lowest BCUT2D eigenvalue weighted by Gasteiger charge is -2.32. The Morgan fingerprint density at radius 3 is 2.96 bits per heavy atom. The van der Waals surface area contributed by atoms with E-state index in [1.807, 2.05) is 6.92 Å². The Balaban J connectivity index is 1.87. The molecule has 1 unspecified atom stereocenters. The minimum absolute atomic E-state index is 0.00127. The number of carbonyl (C=O) groups excluding carboxylic acids is 1. The Labute approximate surface area is 143 Å². The molecule has 1 atom stereocenters. The summed E-state index contributed by atoms with van der Waals surface area (Å²) in [7, 11) is 1.57. The van der Waals surface area contributed by atoms with E-state index < -0.39 is 5.41 Å². The Morgan fingerprint density at radius 2 is 2.17 bits per heavy atom. The molecular weight excluding hydrogens is 328 g/mol. The van der Waals surface area contributed by atoms with Crippen molar-refractivity contribution in [3.8, 4) is 5.88 Å². The first-order valence-corrected chi connectivity index (χ1v) is 7.99. The lowest BCUT2D eigenvalue weighted by Crippen LogP contribution is -2.39. The van der Waals surface area contributed by atoms with E-state index in [2.05, 4.69) is 15.0 Å². The number of pyridine rings is 1. The highest BCUT2D eigenvalue weighted by molar-refractivity contribution is 6.29. The van der Waals surface area contributed by atoms with Crippen LogP contribution >= 0.6 is 11.6 Å². The number of aryl methyl sites for hydroxylation is 1. The van der Waals surface area contributed by atoms with Gasteiger partial charge in [0.05, 0.1) is 30.1 Å². The zero-order chi connectivity index (χ0) is 16.9. The molecule has 6 nitrogen and oxygen atoms in total. The first kappa shape index (κ1) is 15.1. The molecule has 3 heterocycles. The second kappa shape index (κ2) is 5.27. The number of ketones is 1. The fourth-order valence-electron chi connectivity index (χ4n) is 3.28. The number of ether oxygens (including phenoxy) is 1. The fraction of sp³-hybridized carbons (Fsp3) is 0.294. The molecule has 24 heavy (non-hydrogen) atoms. The number of carbonyl (C=O) groups is 1. The molecule has 0 bridgehead atoms. The van der Waals surface area contributed by atoms with Crippen molar-refractivity contribution in [3.63, 3.8) is 0 Å². The van der Waals surface area contributed by atoms with E-state index in [1.165, 1.54) is 0 Å². The zero-order valence-corrected chi connectivity index (χ0v) is 14.0. The van der Waals surface area contributed by atoms with Crippen molar-refractivity contribution in [2.75, 3.05) is 7.11 Å². The summed E-state index contributed by atoms with van der Waals surface area (Å²) >= 11 is 6.16. The molecule has 0 saturated carbocycles. The van der Waals surface area contributed by atoms with Crippen molar-refractivity contribution >= 4 is 23.0 Å². The van der Waals surface area contributed by atoms with Crippen molar-refractivity contribution in [1.29, 1.82) is 0 Å². The van der Waals surface area contributed by atoms with E-state index in [4.69, 9.17) is 16.3 Å². The predicted octanol–water partition coefficient (Wildman–Crippen LogP) is 2.87. The number of hydrogen-bond donors (Lipinski definition) is 0. The van der Waals surface area contributed by atoms with Crippen LogP contribution in [0.5, 0.6) is 5.88 Å². The summed E-state index contributed by atoms with van der Waals surface area (Å²) in [6, 6.07) is 3.49. The van der Waals surface area contributed by atoms with Crippen molar-refractivity contribution in [3.05, 3.63) is 52.8 Å². The lowest BCUT2D eigenvalue weighted by atomic mass is 9.71. The number of aromatic nitrogens is 4. The van der Waals surface area contributed by atoms with Crippen LogP contribution in [0.15, 0.2) is 30.7 Å². The molecule has 4 rings (SSSR count). The van der Waals surface area contributed by atoms with Crippen LogP contribution in [0.1, 0.15) is 35.1 Å². The lowest BCUT2D eigenvalue weighted by molar-refractivity contribution is 0.0871. The van der Waals surface area contributed by atoms with Crippen molar-refractivity contribution in [1.82, 2.24) is 19.4 Å². The number of methoxy groups -OCH3 is 1. The smallest absolute Gasteiger partial charge is 0.213 e. The number of Topliss-reactive ketones (excluding diaryl/α,β-unsaturated/α-hetero) is 1. The molecule has 0 radical (unpaired) electrons. The molecule has 3 aromatic heterocycles. The van der Waals surface area contributed by atoms with Crippen molar-refractivity contribution in [2.45, 2.75) is 25.2 Å². The number of imidazole rings is 1. The standard InChI is InChI=1S/C17H15ClN4O2/c1-17(14-16-19-7-8-22(16)12(18)9-20-14)6-5-11-10(15(17)23)3-4-13(21-11)24-2/h3-4,7-9H,5-6H2,1-2H3. The van der Waals surface area contributed by atoms with Crippen LogP contribution in [0.3, 0.4) is 0 Å². The molecule has 0 fully saturated rings. The summed E-state index contributed by atoms with van der Waals surface area (Å²) in [6.45, 7) is 1.91. The molecule has 1 aliphatic carbocycles. The van der Waals surface area contributed by atoms with E-state index in [-0.39, 0.29) is 5.78 Å². The highest BCUT2D eigenvalue weighted by Gasteiger charge is 2.43. The Morgan fingerprint density at radius 1 is 1.33 bits per heavy atom. The van der Waals surface area contributed by atoms with E-state index in [1.54, 1.807) is 42.2 Å². The zero-order valence-electron chi connectivity index (χ0n) is 13.3. The van der Waals surface area contributed by atoms with Crippen LogP contribution in [-0.2, 0) is 11.8 Å². The third-order valence-electron chi connectivity index (χ3n) is 4.67. The summed E-state index contributed by atoms with van der Waals surface area (Å²) < 4.78 is 6.89. The summed E-state index contributed by atoms with van der Waals surface area (Å²) in [5.41, 5.74) is 1.88. The number of fused-ring (bicyclic) bond motifs is 2. The van der Waals surface area contributed by atoms with Gasteiger partial charge in [-0.15, -0.1) is 0 Å². The van der Waals surface area contributed by atoms with Crippen LogP contribution in [-0.4, -0.2) is 32.2 Å². The number of nitrogens with zero attached hydrogens (tertiary/aromatic N) is 4. The molecule has 0 N–H and O–H groups in total. The van der Waals surface area contributed by atoms with Gasteiger partial charge in [0.25, 0.3) is 0 Å². The average molecular weight is 343 g/mol. The van der Waals surface area contributed by atoms with Gasteiger partial charge in [0.2, 0.25) is 5.88 Å². The fourth-order valence-corrected chi connectivity index (χ4v) is 3.46. The molecule has 122 valence electrons. The van der Waals surface area contributed by atoms with Gasteiger partial charge in [0.1, 0.15) is 5.15 Å². The minimum Gasteiger partial charge on any atom is -0.481 e. The average Bonchev–Trinajstić information content (AvgIpc) is 3.09. The van der Waals surface area contributed by atoms with Gasteiger partial charge in [-0.05, 0) is 25.8 Å². The third-order valence-corrected chi connectivity index (χ3v) is 4.95. The van der Waals surface area contributed by atoms with Crippen LogP contribution in [0.4, 0.5) is 0 Å². The first-order valence-electron chi connectivity index (χ1n) is 7.61. The quantitative estimate of drug-likeness (QED) is 0.716. The van der Waals surface area contributed by atoms with Gasteiger partial charge >= 0.3 is 0 Å². The molecule has 1 aliphatic rings. The molecule has 3 aromatic rings. The van der Waals surface area contributed by atoms with E-state index in [0.717, 1.165) is 5.69 Å². The van der Waals surface area contributed by atoms with Gasteiger partial charge in [-0.2, -0.15) is 0 Å². The van der Waals surface area contributed by atoms with Gasteiger partial charge in [0, 0.05) is 24.0 Å². The Hall–Kier alpha value is -2.47. The highest BCUT2D eigenvalue weighted by Crippen LogP contribution is 2.39. The highest BCUT2D eigenvalue weighted by atomic mass is 35.5. The van der Waals surface area contributed by atoms with Crippen LogP contribution in [0, 0.1) is 0 Å². The minimum atomic E-state index is -0.763. The van der Waals surface area contributed by atoms with Crippen molar-refractivity contribution in [2.24, 2.45) is 0 Å². The van der Waals surface area contributed by atoms with Gasteiger partial charge in [-0.3, -0.25) is 14.2 Å². The molecule has 0 spiro atoms. The molecule has 0 saturated heterocycles. The van der Waals surface area contributed by atoms with Gasteiger partial charge in [-0.1, -0.05) is 11.6 Å². The van der Waals surface area contributed by atoms with E-state index in [9.17, 15) is 4.79 Å². The Kier molecular flexibility index (Phi) is 3.31. The van der Waals surface area contributed by atoms with Gasteiger partial charge in [0.15, 0.2) is 11.4 Å². The summed E-state index contributed by atoms with van der Waals surface area (Å²) in [5.74, 6) is 0.518. The van der Waals surface area contributed by atoms with Crippen molar-refractivity contribution < 1.29 is 9.53 Å². The number of rotatable bonds is 2. The predicted molar refractivity (Wildman–Crippen MR) is 88.8 cm³/mol. The monoisotopic (exact) mass is 342 g/mol. The maximum atomic E-state index is 13.2. The largest absolute Gasteiger partial charge is 0.481 e. The third kappa shape index (κ3) is 2.03. The second-order valence-corrected chi connectivity index (χ2v) is 6.45. The normalized spacial score (nSPS) is 20.2. The maximum Gasteiger partial charge on any atom is 0.213 e. The molecule has 7 heteroatoms. The van der Waals surface area contributed by atoms with Gasteiger partial charge < -0.3 is 4.74 Å². The molecule has 0 aliphatic heterocycles. The molecule has 0 amide bonds. The second-order valence-electron chi connectivity index (χ2n) is 6.06. The first-order chi connectivity index (χ1) is 11.5. The molecule has 0 aromatic carbocycles. The van der Waals surface area contributed by atoms with Crippen LogP contribution < -0.4 is 4.74 Å². The summed E-state index contributed by atoms with van der Waals surface area (Å²) in [4.78, 5) is 26.4. The Bertz CT molecular complexity index is 968. The summed E-state index contributed by atoms with van der Waals surface area (Å²) in [6.07, 6.45) is 6.26. The van der Waals surface area contributed by atoms with E-state index in [0.29, 0.717) is 40.8 Å². The van der Waals surface area contributed by atoms with E-state index >= 15 is 0 Å². The number of halogens is 1. The SMILES string of the molecule is COc1ccc2c(n1)CCC(C)(c1ncc(Cl)n3ccnc13)C2=O. The topological polar surface area (TPSA) is 69.4 Å². The van der Waals surface area contributed by atoms with Crippen LogP contribution in [0.25, 0.3) is 5.65 Å². The maximum absolute atomic E-state index is 13.2.